The van der Waals surface area contributed by atoms with Gasteiger partial charge in [-0.05, 0) is 30.6 Å². The molecule has 0 bridgehead atoms. The summed E-state index contributed by atoms with van der Waals surface area (Å²) < 4.78 is 0. The third kappa shape index (κ3) is 2.29. The number of hydrazine groups is 1. The van der Waals surface area contributed by atoms with Gasteiger partial charge >= 0.3 is 0 Å². The summed E-state index contributed by atoms with van der Waals surface area (Å²) in [5, 5.41) is 0. The lowest BCUT2D eigenvalue weighted by Gasteiger charge is -2.29. The minimum atomic E-state index is 0.534. The van der Waals surface area contributed by atoms with E-state index in [0.717, 1.165) is 5.92 Å². The molecule has 14 heavy (non-hydrogen) atoms. The van der Waals surface area contributed by atoms with E-state index in [-0.39, 0.29) is 0 Å². The lowest BCUT2D eigenvalue weighted by molar-refractivity contribution is 0.248. The summed E-state index contributed by atoms with van der Waals surface area (Å²) in [5.41, 5.74) is 3.59. The van der Waals surface area contributed by atoms with E-state index < -0.39 is 0 Å². The van der Waals surface area contributed by atoms with Crippen LogP contribution in [0.5, 0.6) is 0 Å². The van der Waals surface area contributed by atoms with Crippen molar-refractivity contribution in [2.75, 3.05) is 0 Å². The van der Waals surface area contributed by atoms with Gasteiger partial charge in [0.15, 0.2) is 0 Å². The molecule has 2 heteroatoms. The van der Waals surface area contributed by atoms with Crippen LogP contribution in [-0.4, -0.2) is 6.04 Å². The van der Waals surface area contributed by atoms with Gasteiger partial charge in [-0.2, -0.15) is 0 Å². The van der Waals surface area contributed by atoms with E-state index in [2.05, 4.69) is 12.3 Å². The fourth-order valence-electron chi connectivity index (χ4n) is 2.86. The van der Waals surface area contributed by atoms with E-state index in [1.807, 2.05) is 0 Å². The Morgan fingerprint density at radius 1 is 1.29 bits per heavy atom. The Morgan fingerprint density at radius 3 is 2.43 bits per heavy atom. The number of hydrogen-bond donors (Lipinski definition) is 2. The second-order valence-corrected chi connectivity index (χ2v) is 5.61. The molecule has 0 aromatic rings. The Bertz CT molecular complexity index is 181. The van der Waals surface area contributed by atoms with Crippen LogP contribution in [-0.2, 0) is 0 Å². The van der Waals surface area contributed by atoms with Crippen LogP contribution in [0.1, 0.15) is 58.3 Å². The summed E-state index contributed by atoms with van der Waals surface area (Å²) in [4.78, 5) is 0. The van der Waals surface area contributed by atoms with E-state index in [1.165, 1.54) is 51.4 Å². The summed E-state index contributed by atoms with van der Waals surface area (Å²) in [6.07, 6.45) is 11.3. The van der Waals surface area contributed by atoms with Crippen LogP contribution in [0.2, 0.25) is 0 Å². The largest absolute Gasteiger partial charge is 0.271 e. The van der Waals surface area contributed by atoms with Crippen LogP contribution in [0.4, 0.5) is 0 Å². The van der Waals surface area contributed by atoms with E-state index in [1.54, 1.807) is 0 Å². The van der Waals surface area contributed by atoms with Gasteiger partial charge in [0.2, 0.25) is 0 Å². The number of nitrogens with one attached hydrogen (secondary N) is 1. The molecular formula is C12H24N2. The smallest absolute Gasteiger partial charge is 0.0266 e. The molecule has 0 aromatic carbocycles. The number of nitrogens with two attached hydrogens (primary N) is 1. The summed E-state index contributed by atoms with van der Waals surface area (Å²) in [7, 11) is 0. The normalized spacial score (nSPS) is 28.7. The predicted molar refractivity (Wildman–Crippen MR) is 59.6 cm³/mol. The molecule has 1 atom stereocenters. The Hall–Kier alpha value is -0.0800. The quantitative estimate of drug-likeness (QED) is 0.536. The summed E-state index contributed by atoms with van der Waals surface area (Å²) in [5.74, 6) is 6.61. The molecule has 2 rings (SSSR count). The van der Waals surface area contributed by atoms with Gasteiger partial charge in [0.25, 0.3) is 0 Å². The molecule has 0 aliphatic heterocycles. The molecule has 2 aliphatic carbocycles. The Kier molecular flexibility index (Phi) is 3.13. The highest BCUT2D eigenvalue weighted by Gasteiger charge is 2.44. The van der Waals surface area contributed by atoms with Crippen LogP contribution < -0.4 is 11.3 Å². The molecule has 2 fully saturated rings. The second-order valence-electron chi connectivity index (χ2n) is 5.61. The van der Waals surface area contributed by atoms with E-state index in [4.69, 9.17) is 5.84 Å². The standard InChI is InChI=1S/C12H24N2/c1-12(7-8-12)11(14-13)9-10-5-3-2-4-6-10/h10-11,14H,2-9,13H2,1H3. The molecule has 82 valence electrons. The minimum absolute atomic E-state index is 0.534. The zero-order chi connectivity index (χ0) is 10.0. The highest BCUT2D eigenvalue weighted by molar-refractivity contribution is 4.98. The highest BCUT2D eigenvalue weighted by Crippen LogP contribution is 2.50. The molecule has 0 aromatic heterocycles. The van der Waals surface area contributed by atoms with Crippen molar-refractivity contribution >= 4 is 0 Å². The fourth-order valence-corrected chi connectivity index (χ4v) is 2.86. The maximum absolute atomic E-state index is 5.67. The van der Waals surface area contributed by atoms with Crippen molar-refractivity contribution in [3.05, 3.63) is 0 Å². The van der Waals surface area contributed by atoms with Crippen LogP contribution in [0.3, 0.4) is 0 Å². The number of hydrogen-bond acceptors (Lipinski definition) is 2. The average molecular weight is 196 g/mol. The van der Waals surface area contributed by atoms with Crippen molar-refractivity contribution in [1.29, 1.82) is 0 Å². The van der Waals surface area contributed by atoms with Gasteiger partial charge < -0.3 is 0 Å². The molecule has 2 aliphatic rings. The Balaban J connectivity index is 1.81. The summed E-state index contributed by atoms with van der Waals surface area (Å²) >= 11 is 0. The van der Waals surface area contributed by atoms with Crippen LogP contribution in [0.25, 0.3) is 0 Å². The molecule has 1 unspecified atom stereocenters. The van der Waals surface area contributed by atoms with Gasteiger partial charge in [-0.1, -0.05) is 39.0 Å². The van der Waals surface area contributed by atoms with Crippen molar-refractivity contribution in [1.82, 2.24) is 5.43 Å². The highest BCUT2D eigenvalue weighted by atomic mass is 15.2. The van der Waals surface area contributed by atoms with Gasteiger partial charge in [0.1, 0.15) is 0 Å². The molecule has 2 nitrogen and oxygen atoms in total. The molecule has 0 radical (unpaired) electrons. The first-order chi connectivity index (χ1) is 6.74. The third-order valence-electron chi connectivity index (χ3n) is 4.37. The first-order valence-electron chi connectivity index (χ1n) is 6.21. The lowest BCUT2D eigenvalue weighted by Crippen LogP contribution is -2.42. The van der Waals surface area contributed by atoms with Gasteiger partial charge in [-0.3, -0.25) is 11.3 Å². The summed E-state index contributed by atoms with van der Waals surface area (Å²) in [6, 6.07) is 0.575. The van der Waals surface area contributed by atoms with Crippen molar-refractivity contribution in [2.24, 2.45) is 17.2 Å². The molecule has 2 saturated carbocycles. The van der Waals surface area contributed by atoms with Crippen molar-refractivity contribution in [3.63, 3.8) is 0 Å². The third-order valence-corrected chi connectivity index (χ3v) is 4.37. The van der Waals surface area contributed by atoms with Crippen LogP contribution in [0, 0.1) is 11.3 Å². The lowest BCUT2D eigenvalue weighted by atomic mass is 9.81. The molecule has 0 heterocycles. The Labute approximate surface area is 87.6 Å². The van der Waals surface area contributed by atoms with Gasteiger partial charge in [-0.15, -0.1) is 0 Å². The van der Waals surface area contributed by atoms with E-state index >= 15 is 0 Å². The molecular weight excluding hydrogens is 172 g/mol. The molecule has 3 N–H and O–H groups in total. The van der Waals surface area contributed by atoms with Crippen molar-refractivity contribution < 1.29 is 0 Å². The fraction of sp³-hybridized carbons (Fsp3) is 1.00. The predicted octanol–water partition coefficient (Wildman–Crippen LogP) is 2.59. The van der Waals surface area contributed by atoms with Gasteiger partial charge in [-0.25, -0.2) is 0 Å². The first kappa shape index (κ1) is 10.4. The number of rotatable bonds is 4. The molecule has 0 amide bonds. The SMILES string of the molecule is CC1(C(CC2CCCCC2)NN)CC1. The van der Waals surface area contributed by atoms with E-state index in [0.29, 0.717) is 11.5 Å². The topological polar surface area (TPSA) is 38.0 Å². The molecule has 0 saturated heterocycles. The van der Waals surface area contributed by atoms with Crippen LogP contribution in [0.15, 0.2) is 0 Å². The Morgan fingerprint density at radius 2 is 1.93 bits per heavy atom. The van der Waals surface area contributed by atoms with Crippen molar-refractivity contribution in [2.45, 2.75) is 64.3 Å². The maximum atomic E-state index is 5.67. The maximum Gasteiger partial charge on any atom is 0.0266 e. The zero-order valence-corrected chi connectivity index (χ0v) is 9.39. The molecule has 0 spiro atoms. The van der Waals surface area contributed by atoms with Gasteiger partial charge in [0, 0.05) is 6.04 Å². The zero-order valence-electron chi connectivity index (χ0n) is 9.39. The van der Waals surface area contributed by atoms with Crippen LogP contribution >= 0.6 is 0 Å². The summed E-state index contributed by atoms with van der Waals surface area (Å²) in [6.45, 7) is 2.38. The monoisotopic (exact) mass is 196 g/mol. The minimum Gasteiger partial charge on any atom is -0.271 e. The van der Waals surface area contributed by atoms with E-state index in [9.17, 15) is 0 Å². The van der Waals surface area contributed by atoms with Crippen molar-refractivity contribution in [3.8, 4) is 0 Å². The average Bonchev–Trinajstić information content (AvgIpc) is 2.95. The first-order valence-corrected chi connectivity index (χ1v) is 6.21. The second kappa shape index (κ2) is 4.19. The van der Waals surface area contributed by atoms with Gasteiger partial charge in [0.05, 0.1) is 0 Å².